The van der Waals surface area contributed by atoms with E-state index < -0.39 is 12.0 Å². The molecule has 2 aromatic rings. The highest BCUT2D eigenvalue weighted by molar-refractivity contribution is 7.17. The zero-order valence-electron chi connectivity index (χ0n) is 13.7. The Bertz CT molecular complexity index is 740. The summed E-state index contributed by atoms with van der Waals surface area (Å²) in [5, 5.41) is 0.663. The number of benzene rings is 1. The maximum Gasteiger partial charge on any atom is 0.350 e. The topological polar surface area (TPSA) is 42.4 Å². The number of aryl methyl sites for hydroxylation is 1. The van der Waals surface area contributed by atoms with Crippen molar-refractivity contribution in [2.75, 3.05) is 18.6 Å². The van der Waals surface area contributed by atoms with Crippen LogP contribution in [0.1, 0.15) is 28.7 Å². The molecule has 0 fully saturated rings. The minimum Gasteiger partial charge on any atom is -0.461 e. The number of carbonyl (C=O) groups excluding carboxylic acids is 1. The third-order valence-electron chi connectivity index (χ3n) is 3.43. The van der Waals surface area contributed by atoms with Crippen LogP contribution in [-0.4, -0.2) is 24.6 Å². The Morgan fingerprint density at radius 3 is 2.58 bits per heavy atom. The Morgan fingerprint density at radius 2 is 1.96 bits per heavy atom. The van der Waals surface area contributed by atoms with Gasteiger partial charge in [-0.3, -0.25) is 0 Å². The molecule has 0 bridgehead atoms. The van der Waals surface area contributed by atoms with E-state index in [0.717, 1.165) is 5.69 Å². The molecule has 0 aliphatic rings. The smallest absolute Gasteiger partial charge is 0.350 e. The van der Waals surface area contributed by atoms with Crippen molar-refractivity contribution in [2.24, 2.45) is 0 Å². The Kier molecular flexibility index (Phi) is 6.03. The van der Waals surface area contributed by atoms with E-state index in [1.165, 1.54) is 18.3 Å². The lowest BCUT2D eigenvalue weighted by Crippen LogP contribution is -2.08. The van der Waals surface area contributed by atoms with Gasteiger partial charge in [0.15, 0.2) is 5.13 Å². The fourth-order valence-electron chi connectivity index (χ4n) is 1.93. The summed E-state index contributed by atoms with van der Waals surface area (Å²) in [7, 11) is 1.86. The van der Waals surface area contributed by atoms with Crippen LogP contribution in [-0.2, 0) is 4.74 Å². The van der Waals surface area contributed by atoms with Gasteiger partial charge in [-0.25, -0.2) is 9.78 Å². The Morgan fingerprint density at radius 1 is 1.29 bits per heavy atom. The van der Waals surface area contributed by atoms with E-state index >= 15 is 0 Å². The van der Waals surface area contributed by atoms with Crippen LogP contribution in [0.15, 0.2) is 42.0 Å². The molecule has 0 saturated heterocycles. The molecule has 4 nitrogen and oxygen atoms in total. The molecular weight excluding hydrogens is 334 g/mol. The van der Waals surface area contributed by atoms with Gasteiger partial charge in [0.2, 0.25) is 0 Å². The van der Waals surface area contributed by atoms with Crippen LogP contribution in [0, 0.1) is 6.92 Å². The Hall–Kier alpha value is -2.28. The van der Waals surface area contributed by atoms with Crippen LogP contribution in [0.5, 0.6) is 0 Å². The molecule has 0 saturated carbocycles. The fourth-order valence-corrected chi connectivity index (χ4v) is 2.88. The highest BCUT2D eigenvalue weighted by Gasteiger charge is 2.19. The number of esters is 1. The highest BCUT2D eigenvalue weighted by Crippen LogP contribution is 2.30. The van der Waals surface area contributed by atoms with Crippen molar-refractivity contribution in [3.05, 3.63) is 52.6 Å². The van der Waals surface area contributed by atoms with Crippen molar-refractivity contribution in [1.82, 2.24) is 4.98 Å². The van der Waals surface area contributed by atoms with Crippen molar-refractivity contribution in [3.63, 3.8) is 0 Å². The monoisotopic (exact) mass is 352 g/mol. The van der Waals surface area contributed by atoms with Crippen molar-refractivity contribution >= 4 is 28.1 Å². The molecule has 0 aliphatic heterocycles. The molecule has 0 atom stereocenters. The van der Waals surface area contributed by atoms with Crippen molar-refractivity contribution in [1.29, 1.82) is 0 Å². The van der Waals surface area contributed by atoms with Gasteiger partial charge in [-0.15, -0.1) is 0 Å². The van der Waals surface area contributed by atoms with Crippen molar-refractivity contribution in [2.45, 2.75) is 20.3 Å². The average Bonchev–Trinajstić information content (AvgIpc) is 2.96. The van der Waals surface area contributed by atoms with Gasteiger partial charge >= 0.3 is 5.97 Å². The van der Waals surface area contributed by atoms with Crippen molar-refractivity contribution in [3.8, 4) is 0 Å². The van der Waals surface area contributed by atoms with E-state index in [1.807, 2.05) is 42.3 Å². The van der Waals surface area contributed by atoms with Gasteiger partial charge < -0.3 is 9.64 Å². The Labute approximate surface area is 143 Å². The zero-order valence-corrected chi connectivity index (χ0v) is 14.5. The average molecular weight is 352 g/mol. The molecule has 2 rings (SSSR count). The molecular formula is C17H18F2N2O2S. The fraction of sp³-hybridized carbons (Fsp3) is 0.294. The summed E-state index contributed by atoms with van der Waals surface area (Å²) in [6.45, 7) is 2.96. The number of hydrogen-bond donors (Lipinski definition) is 0. The first-order valence-corrected chi connectivity index (χ1v) is 8.16. The number of ether oxygens (including phenoxy) is 1. The first kappa shape index (κ1) is 18.1. The third-order valence-corrected chi connectivity index (χ3v) is 4.65. The maximum atomic E-state index is 12.3. The predicted molar refractivity (Wildman–Crippen MR) is 91.2 cm³/mol. The van der Waals surface area contributed by atoms with E-state index in [2.05, 4.69) is 4.98 Å². The molecule has 1 heterocycles. The largest absolute Gasteiger partial charge is 0.461 e. The number of anilines is 2. The standard InChI is InChI=1S/C17H18F2N2O2S/c1-11(15(18)19)9-10-23-16(22)14-12(2)20-17(24-14)21(3)13-7-5-4-6-8-13/h4-8H,9-10H2,1-3H3. The van der Waals surface area contributed by atoms with Gasteiger partial charge in [-0.1, -0.05) is 29.5 Å². The molecule has 1 aromatic carbocycles. The molecule has 0 aliphatic carbocycles. The molecule has 0 radical (unpaired) electrons. The van der Waals surface area contributed by atoms with Gasteiger partial charge in [0.05, 0.1) is 12.3 Å². The van der Waals surface area contributed by atoms with Crippen LogP contribution < -0.4 is 4.90 Å². The molecule has 0 spiro atoms. The number of hydrogen-bond acceptors (Lipinski definition) is 5. The lowest BCUT2D eigenvalue weighted by atomic mass is 10.2. The molecule has 0 amide bonds. The molecule has 24 heavy (non-hydrogen) atoms. The van der Waals surface area contributed by atoms with Crippen LogP contribution in [0.3, 0.4) is 0 Å². The maximum absolute atomic E-state index is 12.3. The second-order valence-corrected chi connectivity index (χ2v) is 6.21. The molecule has 0 N–H and O–H groups in total. The number of aromatic nitrogens is 1. The van der Waals surface area contributed by atoms with Gasteiger partial charge in [0.25, 0.3) is 6.08 Å². The van der Waals surface area contributed by atoms with Crippen molar-refractivity contribution < 1.29 is 18.3 Å². The lowest BCUT2D eigenvalue weighted by Gasteiger charge is -2.15. The zero-order chi connectivity index (χ0) is 17.7. The second-order valence-electron chi connectivity index (χ2n) is 5.23. The molecule has 0 unspecified atom stereocenters. The summed E-state index contributed by atoms with van der Waals surface area (Å²) in [5.74, 6) is -0.537. The number of carbonyl (C=O) groups is 1. The van der Waals surface area contributed by atoms with Crippen LogP contribution in [0.2, 0.25) is 0 Å². The second kappa shape index (κ2) is 8.01. The number of thiazole rings is 1. The van der Waals surface area contributed by atoms with Crippen LogP contribution in [0.4, 0.5) is 19.6 Å². The third kappa shape index (κ3) is 4.38. The van der Waals surface area contributed by atoms with Gasteiger partial charge in [0.1, 0.15) is 4.88 Å². The molecule has 7 heteroatoms. The van der Waals surface area contributed by atoms with Crippen LogP contribution in [0.25, 0.3) is 0 Å². The summed E-state index contributed by atoms with van der Waals surface area (Å²) in [5.41, 5.74) is 1.44. The SMILES string of the molecule is CC(CCOC(=O)c1sc(N(C)c2ccccc2)nc1C)=C(F)F. The predicted octanol–water partition coefficient (Wildman–Crippen LogP) is 4.94. The van der Waals surface area contributed by atoms with E-state index in [0.29, 0.717) is 15.7 Å². The summed E-state index contributed by atoms with van der Waals surface area (Å²) in [6.07, 6.45) is -1.71. The van der Waals surface area contributed by atoms with E-state index in [-0.39, 0.29) is 18.6 Å². The molecule has 128 valence electrons. The summed E-state index contributed by atoms with van der Waals surface area (Å²) in [4.78, 5) is 18.8. The summed E-state index contributed by atoms with van der Waals surface area (Å²) < 4.78 is 29.7. The van der Waals surface area contributed by atoms with Gasteiger partial charge in [-0.05, 0) is 31.6 Å². The molecule has 1 aromatic heterocycles. The highest BCUT2D eigenvalue weighted by atomic mass is 32.1. The number of rotatable bonds is 6. The minimum absolute atomic E-state index is 0.0166. The van der Waals surface area contributed by atoms with Gasteiger partial charge in [-0.2, -0.15) is 8.78 Å². The normalized spacial score (nSPS) is 10.4. The van der Waals surface area contributed by atoms with E-state index in [4.69, 9.17) is 4.74 Å². The summed E-state index contributed by atoms with van der Waals surface area (Å²) >= 11 is 1.22. The van der Waals surface area contributed by atoms with E-state index in [1.54, 1.807) is 6.92 Å². The first-order valence-electron chi connectivity index (χ1n) is 7.34. The first-order chi connectivity index (χ1) is 11.4. The number of para-hydroxylation sites is 1. The summed E-state index contributed by atoms with van der Waals surface area (Å²) in [6, 6.07) is 9.64. The van der Waals surface area contributed by atoms with Gasteiger partial charge in [0, 0.05) is 19.2 Å². The van der Waals surface area contributed by atoms with E-state index in [9.17, 15) is 13.6 Å². The lowest BCUT2D eigenvalue weighted by molar-refractivity contribution is 0.0512. The van der Waals surface area contributed by atoms with Crippen LogP contribution >= 0.6 is 11.3 Å². The quantitative estimate of drug-likeness (QED) is 0.691. The Balaban J connectivity index is 2.05. The minimum atomic E-state index is -1.73. The number of nitrogens with zero attached hydrogens (tertiary/aromatic N) is 2. The number of halogens is 2.